The summed E-state index contributed by atoms with van der Waals surface area (Å²) < 4.78 is 5.23. The monoisotopic (exact) mass is 605 g/mol. The van der Waals surface area contributed by atoms with Gasteiger partial charge in [0.05, 0.1) is 0 Å². The van der Waals surface area contributed by atoms with Crippen molar-refractivity contribution in [2.24, 2.45) is 5.92 Å². The highest BCUT2D eigenvalue weighted by Gasteiger charge is 2.32. The van der Waals surface area contributed by atoms with E-state index in [4.69, 9.17) is 14.4 Å². The summed E-state index contributed by atoms with van der Waals surface area (Å²) in [6.45, 7) is 10.8. The third-order valence-corrected chi connectivity index (χ3v) is 6.21. The molecule has 1 atom stereocenters. The lowest BCUT2D eigenvalue weighted by atomic mass is 10.1. The van der Waals surface area contributed by atoms with E-state index in [1.807, 2.05) is 58.9 Å². The molecule has 1 aromatic rings. The molecule has 13 heteroatoms. The summed E-state index contributed by atoms with van der Waals surface area (Å²) in [4.78, 5) is 69.5. The molecule has 0 unspecified atom stereocenters. The summed E-state index contributed by atoms with van der Waals surface area (Å²) in [7, 11) is 0. The van der Waals surface area contributed by atoms with E-state index in [9.17, 15) is 24.0 Å². The molecule has 0 aliphatic carbocycles. The molecular formula is C30H47N5O8. The lowest BCUT2D eigenvalue weighted by Gasteiger charge is -2.22. The Morgan fingerprint density at radius 3 is 2.14 bits per heavy atom. The smallest absolute Gasteiger partial charge is 0.407 e. The fourth-order valence-electron chi connectivity index (χ4n) is 3.89. The molecule has 1 aromatic carbocycles. The van der Waals surface area contributed by atoms with Crippen LogP contribution in [0.3, 0.4) is 0 Å². The van der Waals surface area contributed by atoms with E-state index in [1.165, 1.54) is 0 Å². The summed E-state index contributed by atoms with van der Waals surface area (Å²) in [6.07, 6.45) is 2.29. The maximum atomic E-state index is 12.4. The van der Waals surface area contributed by atoms with Gasteiger partial charge in [-0.05, 0) is 51.3 Å². The standard InChI is InChI=1S/C30H47N5O8/c1-21(2)28(33-24(36)10-8-6-7-9-11-27(39)43-35-25(37)16-17-26(35)38)42-32-19-18-31-23-14-12-22(13-15-23)20-41-29(40)34-30(3,4)5/h12-15,21,28,31-32H,6-11,16-20H2,1-5H3,(H,33,36)(H,34,40)/t28-/m1/s1. The summed E-state index contributed by atoms with van der Waals surface area (Å²) in [5, 5.41) is 9.47. The Kier molecular flexibility index (Phi) is 14.9. The van der Waals surface area contributed by atoms with Gasteiger partial charge >= 0.3 is 12.1 Å². The van der Waals surface area contributed by atoms with Crippen LogP contribution in [0.4, 0.5) is 10.5 Å². The van der Waals surface area contributed by atoms with Crippen molar-refractivity contribution in [2.45, 2.75) is 104 Å². The van der Waals surface area contributed by atoms with E-state index in [-0.39, 0.29) is 43.2 Å². The Morgan fingerprint density at radius 1 is 0.907 bits per heavy atom. The zero-order valence-corrected chi connectivity index (χ0v) is 26.0. The number of anilines is 1. The molecule has 1 saturated heterocycles. The number of ether oxygens (including phenoxy) is 1. The van der Waals surface area contributed by atoms with E-state index in [0.29, 0.717) is 43.8 Å². The molecule has 0 spiro atoms. The molecule has 4 amide bonds. The number of carbonyl (C=O) groups excluding carboxylic acids is 5. The molecule has 43 heavy (non-hydrogen) atoms. The van der Waals surface area contributed by atoms with Gasteiger partial charge in [-0.2, -0.15) is 5.48 Å². The molecule has 1 aliphatic heterocycles. The van der Waals surface area contributed by atoms with Crippen molar-refractivity contribution in [1.29, 1.82) is 0 Å². The molecular weight excluding hydrogens is 558 g/mol. The molecule has 2 rings (SSSR count). The van der Waals surface area contributed by atoms with Crippen molar-refractivity contribution < 1.29 is 38.4 Å². The first-order valence-electron chi connectivity index (χ1n) is 14.9. The second-order valence-corrected chi connectivity index (χ2v) is 11.8. The maximum Gasteiger partial charge on any atom is 0.407 e. The summed E-state index contributed by atoms with van der Waals surface area (Å²) in [6, 6.07) is 7.58. The van der Waals surface area contributed by atoms with Crippen molar-refractivity contribution in [3.8, 4) is 0 Å². The highest BCUT2D eigenvalue weighted by Crippen LogP contribution is 2.14. The highest BCUT2D eigenvalue weighted by atomic mass is 16.7. The number of alkyl carbamates (subject to hydrolysis) is 1. The molecule has 0 bridgehead atoms. The number of hydrogen-bond donors (Lipinski definition) is 4. The predicted octanol–water partition coefficient (Wildman–Crippen LogP) is 3.69. The molecule has 13 nitrogen and oxygen atoms in total. The largest absolute Gasteiger partial charge is 0.445 e. The Labute approximate surface area is 253 Å². The van der Waals surface area contributed by atoms with E-state index in [2.05, 4.69) is 21.4 Å². The average Bonchev–Trinajstić information content (AvgIpc) is 3.24. The van der Waals surface area contributed by atoms with Crippen LogP contribution >= 0.6 is 0 Å². The highest BCUT2D eigenvalue weighted by molar-refractivity contribution is 6.01. The maximum absolute atomic E-state index is 12.4. The zero-order chi connectivity index (χ0) is 31.8. The van der Waals surface area contributed by atoms with Crippen LogP contribution in [0.5, 0.6) is 0 Å². The molecule has 0 aromatic heterocycles. The van der Waals surface area contributed by atoms with Crippen LogP contribution in [0, 0.1) is 5.92 Å². The van der Waals surface area contributed by atoms with Gasteiger partial charge in [-0.3, -0.25) is 19.2 Å². The number of hydrogen-bond acceptors (Lipinski definition) is 10. The molecule has 1 fully saturated rings. The van der Waals surface area contributed by atoms with Crippen LogP contribution in [0.1, 0.15) is 91.5 Å². The molecule has 1 heterocycles. The summed E-state index contributed by atoms with van der Waals surface area (Å²) in [5.74, 6) is -1.67. The number of nitrogens with one attached hydrogen (secondary N) is 4. The fraction of sp³-hybridized carbons (Fsp3) is 0.633. The number of amides is 4. The SMILES string of the molecule is CC(C)[C@H](NC(=O)CCCCCCC(=O)ON1C(=O)CCC1=O)ONCCNc1ccc(COC(=O)NC(C)(C)C)cc1. The second-order valence-electron chi connectivity index (χ2n) is 11.8. The molecule has 1 aliphatic rings. The van der Waals surface area contributed by atoms with Gasteiger partial charge in [0, 0.05) is 55.9 Å². The van der Waals surface area contributed by atoms with Crippen LogP contribution in [0.25, 0.3) is 0 Å². The van der Waals surface area contributed by atoms with Gasteiger partial charge in [-0.15, -0.1) is 5.06 Å². The van der Waals surface area contributed by atoms with Gasteiger partial charge in [0.2, 0.25) is 5.91 Å². The third kappa shape index (κ3) is 14.8. The van der Waals surface area contributed by atoms with Gasteiger partial charge < -0.3 is 25.5 Å². The third-order valence-electron chi connectivity index (χ3n) is 6.21. The molecule has 240 valence electrons. The van der Waals surface area contributed by atoms with E-state index >= 15 is 0 Å². The second kappa shape index (κ2) is 18.1. The number of carbonyl (C=O) groups is 5. The lowest BCUT2D eigenvalue weighted by molar-refractivity contribution is -0.197. The molecule has 0 saturated carbocycles. The minimum atomic E-state index is -0.608. The number of benzene rings is 1. The average molecular weight is 606 g/mol. The number of imide groups is 1. The Balaban J connectivity index is 1.54. The first-order chi connectivity index (χ1) is 20.3. The predicted molar refractivity (Wildman–Crippen MR) is 159 cm³/mol. The minimum absolute atomic E-state index is 0.0463. The quantitative estimate of drug-likeness (QED) is 0.0839. The van der Waals surface area contributed by atoms with Gasteiger partial charge in [-0.1, -0.05) is 38.8 Å². The first-order valence-corrected chi connectivity index (χ1v) is 14.9. The van der Waals surface area contributed by atoms with Gasteiger partial charge in [0.25, 0.3) is 11.8 Å². The zero-order valence-electron chi connectivity index (χ0n) is 26.0. The minimum Gasteiger partial charge on any atom is -0.445 e. The van der Waals surface area contributed by atoms with Crippen LogP contribution in [-0.2, 0) is 40.2 Å². The van der Waals surface area contributed by atoms with Crippen molar-refractivity contribution in [2.75, 3.05) is 18.4 Å². The number of unbranched alkanes of at least 4 members (excludes halogenated alkanes) is 3. The van der Waals surface area contributed by atoms with E-state index < -0.39 is 30.1 Å². The van der Waals surface area contributed by atoms with Crippen LogP contribution in [0.15, 0.2) is 24.3 Å². The normalized spacial score (nSPS) is 14.0. The molecule has 4 N–H and O–H groups in total. The van der Waals surface area contributed by atoms with Crippen molar-refractivity contribution >= 4 is 35.5 Å². The van der Waals surface area contributed by atoms with Crippen molar-refractivity contribution in [1.82, 2.24) is 21.2 Å². The van der Waals surface area contributed by atoms with Crippen LogP contribution in [-0.4, -0.2) is 59.7 Å². The molecule has 0 radical (unpaired) electrons. The van der Waals surface area contributed by atoms with Gasteiger partial charge in [0.15, 0.2) is 6.23 Å². The fourth-order valence-corrected chi connectivity index (χ4v) is 3.89. The van der Waals surface area contributed by atoms with E-state index in [0.717, 1.165) is 17.7 Å². The van der Waals surface area contributed by atoms with Crippen molar-refractivity contribution in [3.63, 3.8) is 0 Å². The van der Waals surface area contributed by atoms with Crippen molar-refractivity contribution in [3.05, 3.63) is 29.8 Å². The Bertz CT molecular complexity index is 1060. The number of rotatable bonds is 18. The van der Waals surface area contributed by atoms with Crippen LogP contribution in [0.2, 0.25) is 0 Å². The number of hydroxylamine groups is 3. The first kappa shape index (κ1) is 35.5. The Hall–Kier alpha value is -3.71. The van der Waals surface area contributed by atoms with E-state index in [1.54, 1.807) is 0 Å². The Morgan fingerprint density at radius 2 is 1.53 bits per heavy atom. The number of nitrogens with zero attached hydrogens (tertiary/aromatic N) is 1. The van der Waals surface area contributed by atoms with Gasteiger partial charge in [0.1, 0.15) is 6.61 Å². The van der Waals surface area contributed by atoms with Crippen LogP contribution < -0.4 is 21.4 Å². The summed E-state index contributed by atoms with van der Waals surface area (Å²) in [5.41, 5.74) is 4.33. The van der Waals surface area contributed by atoms with Gasteiger partial charge in [-0.25, -0.2) is 9.59 Å². The lowest BCUT2D eigenvalue weighted by Crippen LogP contribution is -2.44. The topological polar surface area (TPSA) is 164 Å². The summed E-state index contributed by atoms with van der Waals surface area (Å²) >= 11 is 0.